The van der Waals surface area contributed by atoms with E-state index in [9.17, 15) is 4.79 Å². The SMILES string of the molecule is CCNC(=NCc1cccc(OCC)c1)NC1CCN(C(=O)C2CCCC2)C1.I. The second kappa shape index (κ2) is 12.2. The van der Waals surface area contributed by atoms with Crippen LogP contribution < -0.4 is 15.4 Å². The molecule has 1 aromatic carbocycles. The number of nitrogens with zero attached hydrogens (tertiary/aromatic N) is 2. The Hall–Kier alpha value is -1.51. The van der Waals surface area contributed by atoms with E-state index in [0.717, 1.165) is 56.2 Å². The van der Waals surface area contributed by atoms with E-state index in [-0.39, 0.29) is 35.9 Å². The van der Waals surface area contributed by atoms with Gasteiger partial charge in [-0.25, -0.2) is 4.99 Å². The Labute approximate surface area is 191 Å². The highest BCUT2D eigenvalue weighted by Gasteiger charge is 2.32. The number of rotatable bonds is 7. The maximum atomic E-state index is 12.6. The van der Waals surface area contributed by atoms with Crippen molar-refractivity contribution >= 4 is 35.8 Å². The van der Waals surface area contributed by atoms with Gasteiger partial charge in [0.15, 0.2) is 5.96 Å². The first-order valence-corrected chi connectivity index (χ1v) is 10.7. The van der Waals surface area contributed by atoms with Crippen LogP contribution in [0.2, 0.25) is 0 Å². The van der Waals surface area contributed by atoms with Crippen LogP contribution in [0.25, 0.3) is 0 Å². The van der Waals surface area contributed by atoms with Crippen molar-refractivity contribution in [3.05, 3.63) is 29.8 Å². The van der Waals surface area contributed by atoms with Gasteiger partial charge in [-0.2, -0.15) is 0 Å². The predicted molar refractivity (Wildman–Crippen MR) is 128 cm³/mol. The largest absolute Gasteiger partial charge is 0.494 e. The Bertz CT molecular complexity index is 677. The van der Waals surface area contributed by atoms with E-state index in [0.29, 0.717) is 19.1 Å². The van der Waals surface area contributed by atoms with E-state index in [1.165, 1.54) is 12.8 Å². The lowest BCUT2D eigenvalue weighted by molar-refractivity contribution is -0.134. The van der Waals surface area contributed by atoms with E-state index in [4.69, 9.17) is 9.73 Å². The molecule has 2 fully saturated rings. The van der Waals surface area contributed by atoms with Crippen LogP contribution in [0.15, 0.2) is 29.3 Å². The average molecular weight is 514 g/mol. The maximum absolute atomic E-state index is 12.6. The fourth-order valence-corrected chi connectivity index (χ4v) is 4.09. The quantitative estimate of drug-likeness (QED) is 0.332. The molecule has 1 heterocycles. The Kier molecular flexibility index (Phi) is 10.0. The molecular formula is C22H35IN4O2. The topological polar surface area (TPSA) is 66.0 Å². The fraction of sp³-hybridized carbons (Fsp3) is 0.636. The average Bonchev–Trinajstić information content (AvgIpc) is 3.39. The number of hydrogen-bond donors (Lipinski definition) is 2. The van der Waals surface area contributed by atoms with Crippen LogP contribution in [0.3, 0.4) is 0 Å². The number of nitrogens with one attached hydrogen (secondary N) is 2. The number of carbonyl (C=O) groups is 1. The molecule has 1 unspecified atom stereocenters. The third kappa shape index (κ3) is 7.04. The predicted octanol–water partition coefficient (Wildman–Crippen LogP) is 3.55. The van der Waals surface area contributed by atoms with Gasteiger partial charge in [-0.05, 0) is 50.8 Å². The highest BCUT2D eigenvalue weighted by atomic mass is 127. The Morgan fingerprint density at radius 2 is 2.03 bits per heavy atom. The number of likely N-dealkylation sites (tertiary alicyclic amines) is 1. The molecule has 1 aliphatic heterocycles. The van der Waals surface area contributed by atoms with E-state index in [1.807, 2.05) is 30.0 Å². The summed E-state index contributed by atoms with van der Waals surface area (Å²) in [6.45, 7) is 7.74. The first-order chi connectivity index (χ1) is 13.7. The van der Waals surface area contributed by atoms with Crippen molar-refractivity contribution in [2.24, 2.45) is 10.9 Å². The minimum Gasteiger partial charge on any atom is -0.494 e. The van der Waals surface area contributed by atoms with Crippen LogP contribution in [0.4, 0.5) is 0 Å². The first kappa shape index (κ1) is 23.8. The molecule has 1 saturated heterocycles. The molecule has 162 valence electrons. The summed E-state index contributed by atoms with van der Waals surface area (Å²) in [6, 6.07) is 8.33. The van der Waals surface area contributed by atoms with Crippen LogP contribution in [0, 0.1) is 5.92 Å². The Morgan fingerprint density at radius 3 is 2.76 bits per heavy atom. The standard InChI is InChI=1S/C22H34N4O2.HI/c1-3-23-22(24-15-17-8-7-11-20(14-17)28-4-2)25-19-12-13-26(16-19)21(27)18-9-5-6-10-18;/h7-8,11,14,18-19H,3-6,9-10,12-13,15-16H2,1-2H3,(H2,23,24,25);1H. The number of aliphatic imine (C=N–C) groups is 1. The molecule has 1 aliphatic carbocycles. The van der Waals surface area contributed by atoms with E-state index < -0.39 is 0 Å². The van der Waals surface area contributed by atoms with Crippen molar-refractivity contribution in [2.45, 2.75) is 58.5 Å². The second-order valence-electron chi connectivity index (χ2n) is 7.67. The van der Waals surface area contributed by atoms with Gasteiger partial charge in [0.25, 0.3) is 0 Å². The number of guanidine groups is 1. The fourth-order valence-electron chi connectivity index (χ4n) is 4.09. The van der Waals surface area contributed by atoms with E-state index in [1.54, 1.807) is 0 Å². The van der Waals surface area contributed by atoms with Crippen molar-refractivity contribution in [1.29, 1.82) is 0 Å². The number of benzene rings is 1. The first-order valence-electron chi connectivity index (χ1n) is 10.7. The molecule has 29 heavy (non-hydrogen) atoms. The van der Waals surface area contributed by atoms with Crippen LogP contribution in [-0.2, 0) is 11.3 Å². The third-order valence-corrected chi connectivity index (χ3v) is 5.52. The summed E-state index contributed by atoms with van der Waals surface area (Å²) in [5.41, 5.74) is 1.12. The summed E-state index contributed by atoms with van der Waals surface area (Å²) in [5.74, 6) is 2.31. The molecular weight excluding hydrogens is 479 g/mol. The number of ether oxygens (including phenoxy) is 1. The molecule has 2 N–H and O–H groups in total. The van der Waals surface area contributed by atoms with Crippen molar-refractivity contribution in [3.8, 4) is 5.75 Å². The van der Waals surface area contributed by atoms with Crippen molar-refractivity contribution < 1.29 is 9.53 Å². The monoisotopic (exact) mass is 514 g/mol. The summed E-state index contributed by atoms with van der Waals surface area (Å²) in [4.78, 5) is 19.4. The lowest BCUT2D eigenvalue weighted by Gasteiger charge is -2.21. The number of carbonyl (C=O) groups excluding carboxylic acids is 1. The lowest BCUT2D eigenvalue weighted by Crippen LogP contribution is -2.45. The normalized spacial score (nSPS) is 19.7. The smallest absolute Gasteiger partial charge is 0.225 e. The minimum absolute atomic E-state index is 0. The second-order valence-corrected chi connectivity index (χ2v) is 7.67. The van der Waals surface area contributed by atoms with E-state index >= 15 is 0 Å². The van der Waals surface area contributed by atoms with Crippen LogP contribution in [0.1, 0.15) is 51.5 Å². The zero-order chi connectivity index (χ0) is 19.8. The molecule has 7 heteroatoms. The molecule has 0 spiro atoms. The summed E-state index contributed by atoms with van der Waals surface area (Å²) < 4.78 is 5.57. The molecule has 1 amide bonds. The van der Waals surface area contributed by atoms with Crippen molar-refractivity contribution in [2.75, 3.05) is 26.2 Å². The lowest BCUT2D eigenvalue weighted by atomic mass is 10.1. The molecule has 6 nitrogen and oxygen atoms in total. The molecule has 0 radical (unpaired) electrons. The Morgan fingerprint density at radius 1 is 1.24 bits per heavy atom. The van der Waals surface area contributed by atoms with Gasteiger partial charge in [-0.15, -0.1) is 24.0 Å². The maximum Gasteiger partial charge on any atom is 0.225 e. The Balaban J connectivity index is 0.00000300. The highest BCUT2D eigenvalue weighted by Crippen LogP contribution is 2.27. The van der Waals surface area contributed by atoms with Crippen molar-refractivity contribution in [1.82, 2.24) is 15.5 Å². The zero-order valence-electron chi connectivity index (χ0n) is 17.7. The summed E-state index contributed by atoms with van der Waals surface area (Å²) in [6.07, 6.45) is 5.51. The van der Waals surface area contributed by atoms with Crippen LogP contribution in [-0.4, -0.2) is 49.0 Å². The van der Waals surface area contributed by atoms with E-state index in [2.05, 4.69) is 23.6 Å². The van der Waals surface area contributed by atoms with Crippen molar-refractivity contribution in [3.63, 3.8) is 0 Å². The zero-order valence-corrected chi connectivity index (χ0v) is 20.0. The number of hydrogen-bond acceptors (Lipinski definition) is 3. The minimum atomic E-state index is 0. The van der Waals surface area contributed by atoms with Gasteiger partial charge in [0.2, 0.25) is 5.91 Å². The van der Waals surface area contributed by atoms with Gasteiger partial charge < -0.3 is 20.3 Å². The van der Waals surface area contributed by atoms with Gasteiger partial charge in [-0.1, -0.05) is 25.0 Å². The molecule has 0 aromatic heterocycles. The van der Waals surface area contributed by atoms with Crippen LogP contribution >= 0.6 is 24.0 Å². The summed E-state index contributed by atoms with van der Waals surface area (Å²) >= 11 is 0. The van der Waals surface area contributed by atoms with Crippen LogP contribution in [0.5, 0.6) is 5.75 Å². The molecule has 1 atom stereocenters. The molecule has 3 rings (SSSR count). The van der Waals surface area contributed by atoms with Gasteiger partial charge in [0, 0.05) is 31.6 Å². The summed E-state index contributed by atoms with van der Waals surface area (Å²) in [7, 11) is 0. The van der Waals surface area contributed by atoms with Gasteiger partial charge in [0.1, 0.15) is 5.75 Å². The molecule has 1 saturated carbocycles. The molecule has 0 bridgehead atoms. The highest BCUT2D eigenvalue weighted by molar-refractivity contribution is 14.0. The molecule has 2 aliphatic rings. The van der Waals surface area contributed by atoms with Gasteiger partial charge >= 0.3 is 0 Å². The summed E-state index contributed by atoms with van der Waals surface area (Å²) in [5, 5.41) is 6.84. The van der Waals surface area contributed by atoms with Gasteiger partial charge in [-0.3, -0.25) is 4.79 Å². The molecule has 1 aromatic rings. The van der Waals surface area contributed by atoms with Gasteiger partial charge in [0.05, 0.1) is 13.2 Å². The third-order valence-electron chi connectivity index (χ3n) is 5.52. The number of amides is 1. The number of halogens is 1.